The summed E-state index contributed by atoms with van der Waals surface area (Å²) < 4.78 is 0. The van der Waals surface area contributed by atoms with Gasteiger partial charge in [0.05, 0.1) is 6.92 Å². The van der Waals surface area contributed by atoms with Gasteiger partial charge in [0, 0.05) is 11.1 Å². The molecule has 0 spiro atoms. The van der Waals surface area contributed by atoms with Crippen LogP contribution in [0.3, 0.4) is 0 Å². The van der Waals surface area contributed by atoms with Crippen molar-refractivity contribution in [3.8, 4) is 0 Å². The first-order valence-corrected chi connectivity index (χ1v) is 5.59. The average molecular weight is 209 g/mol. The topological polar surface area (TPSA) is 0 Å². The molecule has 0 aliphatic carbocycles. The molecule has 0 N–H and O–H groups in total. The molecular formula is C16H17+. The predicted octanol–water partition coefficient (Wildman–Crippen LogP) is 4.14. The first-order valence-electron chi connectivity index (χ1n) is 5.59. The van der Waals surface area contributed by atoms with Crippen molar-refractivity contribution in [2.24, 2.45) is 0 Å². The molecule has 0 aliphatic rings. The molecule has 0 nitrogen and oxygen atoms in total. The summed E-state index contributed by atoms with van der Waals surface area (Å²) in [5, 5.41) is 0. The van der Waals surface area contributed by atoms with E-state index in [1.807, 2.05) is 6.07 Å². The molecule has 0 bridgehead atoms. The van der Waals surface area contributed by atoms with E-state index in [-0.39, 0.29) is 5.41 Å². The third kappa shape index (κ3) is 1.96. The molecule has 0 heteroatoms. The molecule has 0 aromatic heterocycles. The summed E-state index contributed by atoms with van der Waals surface area (Å²) in [5.41, 5.74) is 3.62. The van der Waals surface area contributed by atoms with Gasteiger partial charge in [0.15, 0.2) is 5.41 Å². The summed E-state index contributed by atoms with van der Waals surface area (Å²) in [6.07, 6.45) is 0. The van der Waals surface area contributed by atoms with Crippen LogP contribution in [0, 0.1) is 13.8 Å². The van der Waals surface area contributed by atoms with Crippen molar-refractivity contribution in [3.63, 3.8) is 0 Å². The summed E-state index contributed by atoms with van der Waals surface area (Å²) in [6, 6.07) is 19.0. The van der Waals surface area contributed by atoms with Crippen LogP contribution in [0.4, 0.5) is 0 Å². The Morgan fingerprint density at radius 3 is 1.88 bits per heavy atom. The molecule has 0 saturated heterocycles. The van der Waals surface area contributed by atoms with Gasteiger partial charge in [0.25, 0.3) is 0 Å². The number of aryl methyl sites for hydroxylation is 1. The molecule has 0 saturated carbocycles. The highest BCUT2D eigenvalue weighted by atomic mass is 14.3. The smallest absolute Gasteiger partial charge is 0.0622 e. The maximum absolute atomic E-state index is 4.34. The Kier molecular flexibility index (Phi) is 2.74. The predicted molar refractivity (Wildman–Crippen MR) is 69.4 cm³/mol. The van der Waals surface area contributed by atoms with E-state index in [9.17, 15) is 0 Å². The Morgan fingerprint density at radius 1 is 0.812 bits per heavy atom. The van der Waals surface area contributed by atoms with E-state index in [0.29, 0.717) is 0 Å². The van der Waals surface area contributed by atoms with Crippen LogP contribution >= 0.6 is 0 Å². The zero-order valence-corrected chi connectivity index (χ0v) is 9.90. The van der Waals surface area contributed by atoms with Crippen LogP contribution in [0.15, 0.2) is 54.6 Å². The van der Waals surface area contributed by atoms with Gasteiger partial charge in [0.2, 0.25) is 0 Å². The number of hydrogen-bond donors (Lipinski definition) is 0. The maximum atomic E-state index is 4.34. The molecule has 0 amide bonds. The molecule has 2 aromatic carbocycles. The van der Waals surface area contributed by atoms with Crippen LogP contribution in [-0.4, -0.2) is 0 Å². The lowest BCUT2D eigenvalue weighted by Crippen LogP contribution is -2.19. The van der Waals surface area contributed by atoms with Crippen LogP contribution in [0.1, 0.15) is 23.6 Å². The van der Waals surface area contributed by atoms with Crippen LogP contribution in [0.5, 0.6) is 0 Å². The Balaban J connectivity index is 2.43. The van der Waals surface area contributed by atoms with Gasteiger partial charge in [-0.1, -0.05) is 60.2 Å². The fourth-order valence-corrected chi connectivity index (χ4v) is 1.89. The van der Waals surface area contributed by atoms with Crippen LogP contribution in [-0.2, 0) is 5.41 Å². The summed E-state index contributed by atoms with van der Waals surface area (Å²) in [5.74, 6) is 0. The first-order chi connectivity index (χ1) is 7.60. The second-order valence-electron chi connectivity index (χ2n) is 4.56. The second-order valence-corrected chi connectivity index (χ2v) is 4.56. The highest BCUT2D eigenvalue weighted by Gasteiger charge is 2.30. The maximum Gasteiger partial charge on any atom is 0.152 e. The fourth-order valence-electron chi connectivity index (χ4n) is 1.89. The van der Waals surface area contributed by atoms with E-state index in [1.165, 1.54) is 16.7 Å². The molecule has 80 valence electrons. The monoisotopic (exact) mass is 209 g/mol. The van der Waals surface area contributed by atoms with Gasteiger partial charge < -0.3 is 0 Å². The SMILES string of the molecule is [CH2+]C(C)(c1ccccc1)c1ccc(C)cc1. The van der Waals surface area contributed by atoms with Crippen molar-refractivity contribution in [2.75, 3.05) is 0 Å². The minimum Gasteiger partial charge on any atom is -0.0622 e. The molecule has 1 unspecified atom stereocenters. The van der Waals surface area contributed by atoms with E-state index >= 15 is 0 Å². The van der Waals surface area contributed by atoms with Crippen LogP contribution < -0.4 is 0 Å². The largest absolute Gasteiger partial charge is 0.152 e. The molecule has 0 aliphatic heterocycles. The van der Waals surface area contributed by atoms with Crippen LogP contribution in [0.25, 0.3) is 0 Å². The Bertz CT molecular complexity index is 449. The van der Waals surface area contributed by atoms with Crippen molar-refractivity contribution >= 4 is 0 Å². The highest BCUT2D eigenvalue weighted by molar-refractivity contribution is 5.40. The summed E-state index contributed by atoms with van der Waals surface area (Å²) in [7, 11) is 0. The number of benzene rings is 2. The average Bonchev–Trinajstić information content (AvgIpc) is 2.31. The Labute approximate surface area is 97.9 Å². The van der Waals surface area contributed by atoms with Gasteiger partial charge in [0.1, 0.15) is 0 Å². The van der Waals surface area contributed by atoms with Crippen LogP contribution in [0.2, 0.25) is 0 Å². The van der Waals surface area contributed by atoms with Gasteiger partial charge in [-0.3, -0.25) is 0 Å². The van der Waals surface area contributed by atoms with Gasteiger partial charge in [-0.15, -0.1) is 0 Å². The lowest BCUT2D eigenvalue weighted by Gasteiger charge is -2.19. The molecule has 16 heavy (non-hydrogen) atoms. The summed E-state index contributed by atoms with van der Waals surface area (Å²) in [4.78, 5) is 0. The highest BCUT2D eigenvalue weighted by Crippen LogP contribution is 2.30. The molecule has 2 rings (SSSR count). The van der Waals surface area contributed by atoms with Crippen molar-refractivity contribution < 1.29 is 0 Å². The van der Waals surface area contributed by atoms with Gasteiger partial charge in [-0.05, 0) is 13.8 Å². The summed E-state index contributed by atoms with van der Waals surface area (Å²) in [6.45, 7) is 8.60. The van der Waals surface area contributed by atoms with Gasteiger partial charge in [-0.2, -0.15) is 0 Å². The normalized spacial score (nSPS) is 14.4. The van der Waals surface area contributed by atoms with E-state index in [0.717, 1.165) is 0 Å². The second kappa shape index (κ2) is 4.05. The van der Waals surface area contributed by atoms with Gasteiger partial charge >= 0.3 is 0 Å². The lowest BCUT2D eigenvalue weighted by atomic mass is 9.78. The quantitative estimate of drug-likeness (QED) is 0.652. The number of rotatable bonds is 2. The van der Waals surface area contributed by atoms with Crippen molar-refractivity contribution in [1.82, 2.24) is 0 Å². The van der Waals surface area contributed by atoms with Crippen molar-refractivity contribution in [2.45, 2.75) is 19.3 Å². The van der Waals surface area contributed by atoms with E-state index in [1.54, 1.807) is 0 Å². The molecule has 0 radical (unpaired) electrons. The molecule has 2 aromatic rings. The molecule has 1 atom stereocenters. The van der Waals surface area contributed by atoms with Crippen molar-refractivity contribution in [1.29, 1.82) is 0 Å². The molecule has 0 fully saturated rings. The molecule has 0 heterocycles. The minimum absolute atomic E-state index is 0.172. The third-order valence-corrected chi connectivity index (χ3v) is 3.10. The minimum atomic E-state index is -0.172. The zero-order chi connectivity index (χ0) is 11.6. The van der Waals surface area contributed by atoms with Crippen molar-refractivity contribution in [3.05, 3.63) is 78.2 Å². The van der Waals surface area contributed by atoms with E-state index in [2.05, 4.69) is 69.3 Å². The lowest BCUT2D eigenvalue weighted by molar-refractivity contribution is 0.718. The van der Waals surface area contributed by atoms with E-state index in [4.69, 9.17) is 0 Å². The molecular weight excluding hydrogens is 192 g/mol. The first kappa shape index (κ1) is 10.8. The van der Waals surface area contributed by atoms with E-state index < -0.39 is 0 Å². The van der Waals surface area contributed by atoms with Gasteiger partial charge in [-0.25, -0.2) is 0 Å². The number of hydrogen-bond acceptors (Lipinski definition) is 0. The fraction of sp³-hybridized carbons (Fsp3) is 0.188. The summed E-state index contributed by atoms with van der Waals surface area (Å²) >= 11 is 0. The third-order valence-electron chi connectivity index (χ3n) is 3.10. The standard InChI is InChI=1S/C16H17/c1-13-9-11-15(12-10-13)16(2,3)14-7-5-4-6-8-14/h4-12H,2H2,1,3H3/q+1. The Hall–Kier alpha value is -1.69. The Morgan fingerprint density at radius 2 is 1.31 bits per heavy atom. The zero-order valence-electron chi connectivity index (χ0n) is 9.90.